The van der Waals surface area contributed by atoms with E-state index in [2.05, 4.69) is 35.6 Å². The van der Waals surface area contributed by atoms with Crippen LogP contribution in [-0.4, -0.2) is 27.5 Å². The molecule has 21 heavy (non-hydrogen) atoms. The van der Waals surface area contributed by atoms with Gasteiger partial charge in [-0.2, -0.15) is 0 Å². The van der Waals surface area contributed by atoms with Crippen LogP contribution in [0, 0.1) is 0 Å². The fourth-order valence-corrected chi connectivity index (χ4v) is 2.48. The van der Waals surface area contributed by atoms with E-state index in [9.17, 15) is 4.79 Å². The van der Waals surface area contributed by atoms with Gasteiger partial charge in [-0.05, 0) is 38.4 Å². The Morgan fingerprint density at radius 2 is 2.05 bits per heavy atom. The molecule has 1 unspecified atom stereocenters. The third-order valence-electron chi connectivity index (χ3n) is 4.03. The van der Waals surface area contributed by atoms with Crippen LogP contribution in [0.3, 0.4) is 0 Å². The van der Waals surface area contributed by atoms with Gasteiger partial charge in [0.2, 0.25) is 0 Å². The summed E-state index contributed by atoms with van der Waals surface area (Å²) in [4.78, 5) is 22.1. The fourth-order valence-electron chi connectivity index (χ4n) is 2.48. The summed E-state index contributed by atoms with van der Waals surface area (Å²) in [6.45, 7) is 8.37. The van der Waals surface area contributed by atoms with Crippen LogP contribution in [0.1, 0.15) is 45.9 Å². The molecule has 0 aliphatic rings. The number of aromatic amines is 1. The molecule has 0 saturated carbocycles. The van der Waals surface area contributed by atoms with Crippen LogP contribution in [0.2, 0.25) is 0 Å². The summed E-state index contributed by atoms with van der Waals surface area (Å²) < 4.78 is 0. The molecule has 2 aromatic rings. The first-order valence-electron chi connectivity index (χ1n) is 7.87. The number of benzene rings is 1. The summed E-state index contributed by atoms with van der Waals surface area (Å²) in [6.07, 6.45) is 3.44. The Hall–Kier alpha value is -1.68. The van der Waals surface area contributed by atoms with E-state index < -0.39 is 0 Å². The number of aromatic nitrogens is 2. The molecule has 0 aliphatic carbocycles. The normalized spacial score (nSPS) is 13.0. The minimum absolute atomic E-state index is 0.0461. The molecule has 0 bridgehead atoms. The molecule has 4 heteroatoms. The van der Waals surface area contributed by atoms with Gasteiger partial charge in [0.05, 0.1) is 17.4 Å². The lowest BCUT2D eigenvalue weighted by atomic mass is 10.2. The van der Waals surface area contributed by atoms with Crippen molar-refractivity contribution in [3.05, 3.63) is 40.4 Å². The maximum atomic E-state index is 12.1. The molecule has 0 aliphatic heterocycles. The summed E-state index contributed by atoms with van der Waals surface area (Å²) in [6, 6.07) is 7.99. The van der Waals surface area contributed by atoms with Crippen molar-refractivity contribution < 1.29 is 0 Å². The van der Waals surface area contributed by atoms with Gasteiger partial charge in [0.25, 0.3) is 5.56 Å². The molecule has 4 nitrogen and oxygen atoms in total. The molecule has 1 aromatic heterocycles. The number of para-hydroxylation sites is 1. The summed E-state index contributed by atoms with van der Waals surface area (Å²) >= 11 is 0. The lowest BCUT2D eigenvalue weighted by Crippen LogP contribution is -2.34. The summed E-state index contributed by atoms with van der Waals surface area (Å²) in [5.41, 5.74) is 0.728. The first-order valence-corrected chi connectivity index (χ1v) is 7.87. The van der Waals surface area contributed by atoms with Gasteiger partial charge in [0.15, 0.2) is 0 Å². The van der Waals surface area contributed by atoms with Crippen molar-refractivity contribution >= 4 is 10.9 Å². The first-order chi connectivity index (χ1) is 10.2. The monoisotopic (exact) mass is 287 g/mol. The van der Waals surface area contributed by atoms with E-state index in [1.807, 2.05) is 24.3 Å². The van der Waals surface area contributed by atoms with E-state index in [0.29, 0.717) is 18.0 Å². The van der Waals surface area contributed by atoms with Gasteiger partial charge in [0, 0.05) is 6.04 Å². The zero-order chi connectivity index (χ0) is 15.2. The van der Waals surface area contributed by atoms with Crippen LogP contribution in [-0.2, 0) is 6.54 Å². The number of fused-ring (bicyclic) bond motifs is 1. The van der Waals surface area contributed by atoms with Gasteiger partial charge in [-0.15, -0.1) is 0 Å². The smallest absolute Gasteiger partial charge is 0.258 e. The Balaban J connectivity index is 2.25. The average molecular weight is 287 g/mol. The highest BCUT2D eigenvalue weighted by atomic mass is 16.1. The standard InChI is InChI=1S/C17H25N3O/c1-4-6-11-20(13(3)5-2)12-16-18-15-10-8-7-9-14(15)17(21)19-16/h7-10,13H,4-6,11-12H2,1-3H3,(H,18,19,21). The van der Waals surface area contributed by atoms with E-state index >= 15 is 0 Å². The molecule has 0 fully saturated rings. The van der Waals surface area contributed by atoms with Crippen molar-refractivity contribution in [2.75, 3.05) is 6.54 Å². The minimum atomic E-state index is -0.0461. The number of hydrogen-bond donors (Lipinski definition) is 1. The van der Waals surface area contributed by atoms with E-state index in [0.717, 1.165) is 24.3 Å². The van der Waals surface area contributed by atoms with E-state index in [1.165, 1.54) is 12.8 Å². The van der Waals surface area contributed by atoms with Crippen molar-refractivity contribution in [2.24, 2.45) is 0 Å². The minimum Gasteiger partial charge on any atom is -0.309 e. The number of nitrogens with one attached hydrogen (secondary N) is 1. The van der Waals surface area contributed by atoms with Crippen LogP contribution < -0.4 is 5.56 Å². The highest BCUT2D eigenvalue weighted by molar-refractivity contribution is 5.77. The average Bonchev–Trinajstić information content (AvgIpc) is 2.50. The molecule has 1 heterocycles. The molecule has 2 rings (SSSR count). The maximum Gasteiger partial charge on any atom is 0.258 e. The van der Waals surface area contributed by atoms with Crippen LogP contribution in [0.4, 0.5) is 0 Å². The van der Waals surface area contributed by atoms with Crippen molar-refractivity contribution in [1.29, 1.82) is 0 Å². The Kier molecular flexibility index (Phi) is 5.51. The third-order valence-corrected chi connectivity index (χ3v) is 4.03. The number of hydrogen-bond acceptors (Lipinski definition) is 3. The Morgan fingerprint density at radius 3 is 2.76 bits per heavy atom. The molecule has 114 valence electrons. The van der Waals surface area contributed by atoms with Gasteiger partial charge in [0.1, 0.15) is 5.82 Å². The van der Waals surface area contributed by atoms with E-state index in [4.69, 9.17) is 0 Å². The van der Waals surface area contributed by atoms with Crippen LogP contribution >= 0.6 is 0 Å². The number of rotatable bonds is 7. The topological polar surface area (TPSA) is 49.0 Å². The van der Waals surface area contributed by atoms with Gasteiger partial charge in [-0.1, -0.05) is 32.4 Å². The molecular weight excluding hydrogens is 262 g/mol. The SMILES string of the molecule is CCCCN(Cc1nc2ccccc2c(=O)[nH]1)C(C)CC. The van der Waals surface area contributed by atoms with Crippen molar-refractivity contribution in [2.45, 2.75) is 52.6 Å². The van der Waals surface area contributed by atoms with Crippen LogP contribution in [0.15, 0.2) is 29.1 Å². The molecule has 1 N–H and O–H groups in total. The molecule has 0 radical (unpaired) electrons. The Morgan fingerprint density at radius 1 is 1.29 bits per heavy atom. The number of unbranched alkanes of at least 4 members (excludes halogenated alkanes) is 1. The maximum absolute atomic E-state index is 12.1. The number of H-pyrrole nitrogens is 1. The zero-order valence-electron chi connectivity index (χ0n) is 13.2. The largest absolute Gasteiger partial charge is 0.309 e. The second-order valence-electron chi connectivity index (χ2n) is 5.61. The Labute approximate surface area is 126 Å². The second-order valence-corrected chi connectivity index (χ2v) is 5.61. The summed E-state index contributed by atoms with van der Waals surface area (Å²) in [5.74, 6) is 0.759. The summed E-state index contributed by atoms with van der Waals surface area (Å²) in [5, 5.41) is 0.657. The van der Waals surface area contributed by atoms with Crippen LogP contribution in [0.5, 0.6) is 0 Å². The summed E-state index contributed by atoms with van der Waals surface area (Å²) in [7, 11) is 0. The lowest BCUT2D eigenvalue weighted by Gasteiger charge is -2.27. The molecule has 0 amide bonds. The van der Waals surface area contributed by atoms with Crippen molar-refractivity contribution in [1.82, 2.24) is 14.9 Å². The predicted octanol–water partition coefficient (Wildman–Crippen LogP) is 3.32. The van der Waals surface area contributed by atoms with Gasteiger partial charge < -0.3 is 4.98 Å². The van der Waals surface area contributed by atoms with Crippen LogP contribution in [0.25, 0.3) is 10.9 Å². The highest BCUT2D eigenvalue weighted by Crippen LogP contribution is 2.11. The molecule has 1 aromatic carbocycles. The quantitative estimate of drug-likeness (QED) is 0.850. The third kappa shape index (κ3) is 3.91. The fraction of sp³-hybridized carbons (Fsp3) is 0.529. The predicted molar refractivity (Wildman–Crippen MR) is 87.4 cm³/mol. The van der Waals surface area contributed by atoms with Crippen molar-refractivity contribution in [3.63, 3.8) is 0 Å². The molecule has 0 saturated heterocycles. The van der Waals surface area contributed by atoms with Gasteiger partial charge in [-0.25, -0.2) is 4.98 Å². The van der Waals surface area contributed by atoms with E-state index in [1.54, 1.807) is 0 Å². The first kappa shape index (κ1) is 15.7. The second kappa shape index (κ2) is 7.36. The number of nitrogens with zero attached hydrogens (tertiary/aromatic N) is 2. The van der Waals surface area contributed by atoms with Gasteiger partial charge >= 0.3 is 0 Å². The van der Waals surface area contributed by atoms with Crippen molar-refractivity contribution in [3.8, 4) is 0 Å². The lowest BCUT2D eigenvalue weighted by molar-refractivity contribution is 0.187. The molecule has 0 spiro atoms. The molecule has 1 atom stereocenters. The Bertz CT molecular complexity index is 635. The highest BCUT2D eigenvalue weighted by Gasteiger charge is 2.14. The zero-order valence-corrected chi connectivity index (χ0v) is 13.2. The van der Waals surface area contributed by atoms with Gasteiger partial charge in [-0.3, -0.25) is 9.69 Å². The molecular formula is C17H25N3O. The van der Waals surface area contributed by atoms with E-state index in [-0.39, 0.29) is 5.56 Å².